The molecule has 8 N–H and O–H groups in total. The van der Waals surface area contributed by atoms with Crippen molar-refractivity contribution in [1.29, 1.82) is 0 Å². The summed E-state index contributed by atoms with van der Waals surface area (Å²) in [6.07, 6.45) is 0. The van der Waals surface area contributed by atoms with Gasteiger partial charge in [-0.2, -0.15) is 0 Å². The van der Waals surface area contributed by atoms with Crippen LogP contribution in [0.15, 0.2) is 0 Å². The fourth-order valence-corrected chi connectivity index (χ4v) is 0. The second-order valence-electron chi connectivity index (χ2n) is 0.848. The normalized spacial score (nSPS) is 4.80. The fraction of sp³-hybridized carbons (Fsp3) is 0. The Morgan fingerprint density at radius 2 is 0.533 bits per heavy atom. The second-order valence-corrected chi connectivity index (χ2v) is 2.54. The van der Waals surface area contributed by atoms with Crippen LogP contribution in [0.5, 0.6) is 0 Å². The molecule has 0 aromatic carbocycles. The van der Waals surface area contributed by atoms with Crippen LogP contribution in [0.2, 0.25) is 0 Å². The zero-order chi connectivity index (χ0) is 10.7. The number of rotatable bonds is 0. The summed E-state index contributed by atoms with van der Waals surface area (Å²) in [5, 5.41) is 0. The third-order valence-electron chi connectivity index (χ3n) is 0. The number of hydrogen-bond acceptors (Lipinski definition) is 3. The van der Waals surface area contributed by atoms with Gasteiger partial charge in [0, 0.05) is 82.6 Å². The SMILES string of the molecule is O.O=[Si](O)O.O=[Si](O)O.O=[Si](O)O.[Pr].[Pr]. The van der Waals surface area contributed by atoms with Crippen LogP contribution in [0.25, 0.3) is 0 Å². The molecule has 0 aliphatic heterocycles. The van der Waals surface area contributed by atoms with Crippen molar-refractivity contribution in [2.24, 2.45) is 0 Å². The van der Waals surface area contributed by atoms with Gasteiger partial charge in [-0.3, -0.25) is 13.4 Å². The molecule has 0 aliphatic carbocycles. The van der Waals surface area contributed by atoms with Gasteiger partial charge < -0.3 is 34.3 Å². The molecule has 86 valence electrons. The topological polar surface area (TPSA) is 204 Å². The van der Waals surface area contributed by atoms with Gasteiger partial charge in [-0.15, -0.1) is 0 Å². The first-order valence-corrected chi connectivity index (χ1v) is 5.86. The predicted molar refractivity (Wildman–Crippen MR) is 36.2 cm³/mol. The fourth-order valence-electron chi connectivity index (χ4n) is 0. The van der Waals surface area contributed by atoms with E-state index in [0.717, 1.165) is 0 Å². The van der Waals surface area contributed by atoms with Gasteiger partial charge in [-0.25, -0.2) is 0 Å². The predicted octanol–water partition coefficient (Wildman–Crippen LogP) is -5.67. The van der Waals surface area contributed by atoms with Gasteiger partial charge in [0.1, 0.15) is 0 Å². The Kier molecular flexibility index (Phi) is 70.9. The standard InChI is InChI=1S/3H2O3Si.H2O.2Pr/c3*1-4(2)3;;;/h3*1-2H;1H2;;. The smallest absolute Gasteiger partial charge is 0.511 e. The van der Waals surface area contributed by atoms with E-state index >= 15 is 0 Å². The van der Waals surface area contributed by atoms with E-state index < -0.39 is 27.5 Å². The maximum atomic E-state index is 8.74. The molecular formula is H8O10Pr2Si3. The molecular weight excluding hydrogens is 526 g/mol. The molecule has 0 bridgehead atoms. The van der Waals surface area contributed by atoms with Gasteiger partial charge in [-0.1, -0.05) is 0 Å². The van der Waals surface area contributed by atoms with E-state index in [2.05, 4.69) is 0 Å². The molecule has 0 atom stereocenters. The van der Waals surface area contributed by atoms with Crippen molar-refractivity contribution in [3.63, 3.8) is 0 Å². The van der Waals surface area contributed by atoms with Crippen LogP contribution in [0.1, 0.15) is 0 Å². The Hall–Kier alpha value is 1.54. The van der Waals surface area contributed by atoms with Crippen molar-refractivity contribution in [3.05, 3.63) is 0 Å². The Morgan fingerprint density at radius 3 is 0.533 bits per heavy atom. The molecule has 0 aliphatic rings. The third-order valence-corrected chi connectivity index (χ3v) is 0. The van der Waals surface area contributed by atoms with Gasteiger partial charge in [0.25, 0.3) is 0 Å². The number of hydrogen-bond donors (Lipinski definition) is 6. The van der Waals surface area contributed by atoms with Crippen LogP contribution >= 0.6 is 0 Å². The molecule has 0 unspecified atom stereocenters. The molecule has 2 radical (unpaired) electrons. The van der Waals surface area contributed by atoms with Crippen LogP contribution < -0.4 is 0 Å². The average Bonchev–Trinajstić information content (AvgIpc) is 1.54. The van der Waals surface area contributed by atoms with Crippen molar-refractivity contribution >= 4 is 27.5 Å². The van der Waals surface area contributed by atoms with Gasteiger partial charge in [0.05, 0.1) is 0 Å². The first kappa shape index (κ1) is 36.0. The summed E-state index contributed by atoms with van der Waals surface area (Å²) in [7, 11) is -9.39. The molecule has 0 aromatic heterocycles. The van der Waals surface area contributed by atoms with E-state index in [1.807, 2.05) is 0 Å². The first-order chi connectivity index (χ1) is 5.20. The van der Waals surface area contributed by atoms with E-state index in [0.29, 0.717) is 0 Å². The molecule has 0 fully saturated rings. The zero-order valence-corrected chi connectivity index (χ0v) is 17.5. The summed E-state index contributed by atoms with van der Waals surface area (Å²) < 4.78 is 26.2. The van der Waals surface area contributed by atoms with E-state index in [4.69, 9.17) is 42.2 Å². The third kappa shape index (κ3) is 1200. The van der Waals surface area contributed by atoms with Gasteiger partial charge in [0.15, 0.2) is 0 Å². The van der Waals surface area contributed by atoms with E-state index in [1.165, 1.54) is 0 Å². The quantitative estimate of drug-likeness (QED) is 0.164. The molecule has 0 saturated heterocycles. The van der Waals surface area contributed by atoms with Gasteiger partial charge in [0.2, 0.25) is 0 Å². The average molecular weight is 534 g/mol. The van der Waals surface area contributed by atoms with Crippen LogP contribution in [-0.4, -0.2) is 61.8 Å². The Bertz CT molecular complexity index is 116. The summed E-state index contributed by atoms with van der Waals surface area (Å²) >= 11 is 0. The molecule has 0 amide bonds. The molecule has 0 spiro atoms. The van der Waals surface area contributed by atoms with Crippen LogP contribution in [-0.2, 0) is 13.4 Å². The minimum Gasteiger partial charge on any atom is -0.511 e. The molecule has 0 saturated carbocycles. The van der Waals surface area contributed by atoms with Gasteiger partial charge in [-0.05, 0) is 0 Å². The maximum Gasteiger partial charge on any atom is 0.761 e. The summed E-state index contributed by atoms with van der Waals surface area (Å²) in [6.45, 7) is 0. The van der Waals surface area contributed by atoms with Crippen molar-refractivity contribution in [3.8, 4) is 0 Å². The molecule has 10 nitrogen and oxygen atoms in total. The molecule has 15 heteroatoms. The Balaban J connectivity index is -0.0000000184. The van der Waals surface area contributed by atoms with Gasteiger partial charge >= 0.3 is 27.5 Å². The minimum atomic E-state index is -3.13. The van der Waals surface area contributed by atoms with Crippen molar-refractivity contribution in [2.75, 3.05) is 0 Å². The van der Waals surface area contributed by atoms with Crippen molar-refractivity contribution < 1.29 is 130 Å². The summed E-state index contributed by atoms with van der Waals surface area (Å²) in [5.74, 6) is 0. The van der Waals surface area contributed by atoms with Crippen molar-refractivity contribution in [2.45, 2.75) is 0 Å². The zero-order valence-electron chi connectivity index (χ0n) is 7.06. The second kappa shape index (κ2) is 29.6. The van der Waals surface area contributed by atoms with Crippen LogP contribution in [0.3, 0.4) is 0 Å². The Morgan fingerprint density at radius 1 is 0.533 bits per heavy atom. The summed E-state index contributed by atoms with van der Waals surface area (Å²) in [4.78, 5) is 42.9. The van der Waals surface area contributed by atoms with Crippen LogP contribution in [0.4, 0.5) is 0 Å². The summed E-state index contributed by atoms with van der Waals surface area (Å²) in [6, 6.07) is 0. The largest absolute Gasteiger partial charge is 0.761 e. The molecule has 0 heterocycles. The molecule has 15 heavy (non-hydrogen) atoms. The first-order valence-electron chi connectivity index (χ1n) is 1.95. The molecule has 0 rings (SSSR count). The van der Waals surface area contributed by atoms with E-state index in [-0.39, 0.29) is 88.1 Å². The Labute approximate surface area is 155 Å². The van der Waals surface area contributed by atoms with Crippen LogP contribution in [0, 0.1) is 82.6 Å². The van der Waals surface area contributed by atoms with E-state index in [9.17, 15) is 0 Å². The van der Waals surface area contributed by atoms with Crippen molar-refractivity contribution in [1.82, 2.24) is 0 Å². The molecule has 0 aromatic rings. The summed E-state index contributed by atoms with van der Waals surface area (Å²) in [5.41, 5.74) is 0. The monoisotopic (exact) mass is 534 g/mol. The minimum absolute atomic E-state index is 0. The van der Waals surface area contributed by atoms with E-state index in [1.54, 1.807) is 0 Å². The maximum absolute atomic E-state index is 8.74.